The molecule has 1 unspecified atom stereocenters. The molecule has 2 fully saturated rings. The SMILES string of the molecule is C[C@@H]1[C@H](O)CC[C@H]1N1c2nc(NC3CCN(S(C)(=O)=O)CC3)ncc2C=CC1O. The monoisotopic (exact) mass is 423 g/mol. The van der Waals surface area contributed by atoms with Crippen molar-refractivity contribution < 1.29 is 18.6 Å². The Morgan fingerprint density at radius 1 is 1.17 bits per heavy atom. The Morgan fingerprint density at radius 2 is 1.90 bits per heavy atom. The van der Waals surface area contributed by atoms with Crippen LogP contribution in [0.2, 0.25) is 0 Å². The van der Waals surface area contributed by atoms with E-state index in [2.05, 4.69) is 10.3 Å². The lowest BCUT2D eigenvalue weighted by Crippen LogP contribution is -2.47. The summed E-state index contributed by atoms with van der Waals surface area (Å²) in [5.41, 5.74) is 0.835. The molecule has 1 aromatic heterocycles. The van der Waals surface area contributed by atoms with Crippen molar-refractivity contribution in [3.63, 3.8) is 0 Å². The largest absolute Gasteiger partial charge is 0.393 e. The molecule has 1 aliphatic carbocycles. The van der Waals surface area contributed by atoms with Gasteiger partial charge in [-0.2, -0.15) is 4.98 Å². The molecule has 1 saturated heterocycles. The second-order valence-electron chi connectivity index (χ2n) is 8.30. The average Bonchev–Trinajstić information content (AvgIpc) is 3.00. The number of piperidine rings is 1. The summed E-state index contributed by atoms with van der Waals surface area (Å²) in [6.45, 7) is 2.96. The molecule has 3 N–H and O–H groups in total. The minimum absolute atomic E-state index is 0.00412. The first-order valence-electron chi connectivity index (χ1n) is 10.2. The van der Waals surface area contributed by atoms with Gasteiger partial charge < -0.3 is 20.4 Å². The first-order chi connectivity index (χ1) is 13.7. The fourth-order valence-corrected chi connectivity index (χ4v) is 5.44. The molecular formula is C19H29N5O4S. The van der Waals surface area contributed by atoms with Crippen molar-refractivity contribution in [3.05, 3.63) is 17.8 Å². The predicted octanol–water partition coefficient (Wildman–Crippen LogP) is 0.623. The Morgan fingerprint density at radius 3 is 2.52 bits per heavy atom. The van der Waals surface area contributed by atoms with Gasteiger partial charge in [0, 0.05) is 42.9 Å². The van der Waals surface area contributed by atoms with Crippen LogP contribution >= 0.6 is 0 Å². The molecular weight excluding hydrogens is 394 g/mol. The summed E-state index contributed by atoms with van der Waals surface area (Å²) >= 11 is 0. The quantitative estimate of drug-likeness (QED) is 0.645. The van der Waals surface area contributed by atoms with Gasteiger partial charge in [0.05, 0.1) is 12.4 Å². The van der Waals surface area contributed by atoms with E-state index in [1.54, 1.807) is 12.3 Å². The number of rotatable bonds is 4. The van der Waals surface area contributed by atoms with Gasteiger partial charge >= 0.3 is 0 Å². The van der Waals surface area contributed by atoms with Crippen LogP contribution in [0, 0.1) is 5.92 Å². The highest BCUT2D eigenvalue weighted by atomic mass is 32.2. The van der Waals surface area contributed by atoms with E-state index in [1.807, 2.05) is 17.9 Å². The van der Waals surface area contributed by atoms with Crippen molar-refractivity contribution in [2.24, 2.45) is 5.92 Å². The molecule has 4 atom stereocenters. The van der Waals surface area contributed by atoms with Crippen LogP contribution in [0.1, 0.15) is 38.2 Å². The standard InChI is InChI=1S/C19H29N5O4S/c1-12-15(4-5-16(12)25)24-17(26)6-3-13-11-20-19(22-18(13)24)21-14-7-9-23(10-8-14)29(2,27)28/h3,6,11-12,14-17,25-26H,4-5,7-10H2,1-2H3,(H,20,21,22)/t12-,15+,16+,17?/m0/s1. The highest BCUT2D eigenvalue weighted by Crippen LogP contribution is 2.37. The number of hydrogen-bond acceptors (Lipinski definition) is 8. The van der Waals surface area contributed by atoms with E-state index < -0.39 is 16.3 Å². The van der Waals surface area contributed by atoms with E-state index >= 15 is 0 Å². The minimum Gasteiger partial charge on any atom is -0.393 e. The molecule has 2 aliphatic heterocycles. The Labute approximate surface area is 171 Å². The maximum absolute atomic E-state index is 11.7. The second-order valence-corrected chi connectivity index (χ2v) is 10.3. The van der Waals surface area contributed by atoms with Crippen LogP contribution in [0.4, 0.5) is 11.8 Å². The molecule has 160 valence electrons. The summed E-state index contributed by atoms with van der Waals surface area (Å²) in [7, 11) is -3.16. The first-order valence-corrected chi connectivity index (χ1v) is 12.0. The van der Waals surface area contributed by atoms with Crippen LogP contribution in [0.15, 0.2) is 12.3 Å². The van der Waals surface area contributed by atoms with E-state index in [9.17, 15) is 18.6 Å². The number of aliphatic hydroxyl groups excluding tert-OH is 2. The molecule has 10 heteroatoms. The van der Waals surface area contributed by atoms with Crippen molar-refractivity contribution in [1.82, 2.24) is 14.3 Å². The number of nitrogens with one attached hydrogen (secondary N) is 1. The Bertz CT molecular complexity index is 885. The fourth-order valence-electron chi connectivity index (χ4n) is 4.57. The number of sulfonamides is 1. The van der Waals surface area contributed by atoms with Crippen molar-refractivity contribution in [2.45, 2.75) is 57.0 Å². The third-order valence-corrected chi connectivity index (χ3v) is 7.66. The van der Waals surface area contributed by atoms with E-state index in [0.717, 1.165) is 12.0 Å². The molecule has 9 nitrogen and oxygen atoms in total. The van der Waals surface area contributed by atoms with Crippen LogP contribution in [-0.2, 0) is 10.0 Å². The molecule has 1 aromatic rings. The van der Waals surface area contributed by atoms with Gasteiger partial charge in [0.1, 0.15) is 12.0 Å². The van der Waals surface area contributed by atoms with Gasteiger partial charge in [0.2, 0.25) is 16.0 Å². The summed E-state index contributed by atoms with van der Waals surface area (Å²) < 4.78 is 24.9. The molecule has 0 radical (unpaired) electrons. The number of fused-ring (bicyclic) bond motifs is 1. The van der Waals surface area contributed by atoms with Crippen molar-refractivity contribution in [2.75, 3.05) is 29.6 Å². The fraction of sp³-hybridized carbons (Fsp3) is 0.684. The molecule has 0 spiro atoms. The zero-order valence-corrected chi connectivity index (χ0v) is 17.6. The summed E-state index contributed by atoms with van der Waals surface area (Å²) in [5, 5.41) is 24.1. The molecule has 1 saturated carbocycles. The summed E-state index contributed by atoms with van der Waals surface area (Å²) in [6, 6.07) is 0.0974. The Balaban J connectivity index is 1.51. The maximum Gasteiger partial charge on any atom is 0.224 e. The van der Waals surface area contributed by atoms with Crippen LogP contribution < -0.4 is 10.2 Å². The normalized spacial score (nSPS) is 31.1. The third kappa shape index (κ3) is 4.11. The number of anilines is 2. The molecule has 0 amide bonds. The Kier molecular flexibility index (Phi) is 5.54. The lowest BCUT2D eigenvalue weighted by Gasteiger charge is -2.38. The average molecular weight is 424 g/mol. The zero-order chi connectivity index (χ0) is 20.8. The zero-order valence-electron chi connectivity index (χ0n) is 16.8. The summed E-state index contributed by atoms with van der Waals surface area (Å²) in [6.07, 6.45) is 8.23. The number of aliphatic hydroxyl groups is 2. The topological polar surface area (TPSA) is 119 Å². The molecule has 0 bridgehead atoms. The smallest absolute Gasteiger partial charge is 0.224 e. The van der Waals surface area contributed by atoms with Crippen molar-refractivity contribution in [1.29, 1.82) is 0 Å². The van der Waals surface area contributed by atoms with Gasteiger partial charge in [-0.25, -0.2) is 17.7 Å². The molecule has 4 rings (SSSR count). The first kappa shape index (κ1) is 20.5. The number of aromatic nitrogens is 2. The van der Waals surface area contributed by atoms with Gasteiger partial charge in [-0.15, -0.1) is 0 Å². The predicted molar refractivity (Wildman–Crippen MR) is 111 cm³/mol. The van der Waals surface area contributed by atoms with Gasteiger partial charge in [-0.1, -0.05) is 6.92 Å². The van der Waals surface area contributed by atoms with E-state index in [4.69, 9.17) is 4.98 Å². The molecule has 3 aliphatic rings. The van der Waals surface area contributed by atoms with Crippen LogP contribution in [0.3, 0.4) is 0 Å². The second kappa shape index (κ2) is 7.82. The summed E-state index contributed by atoms with van der Waals surface area (Å²) in [5.74, 6) is 1.17. The minimum atomic E-state index is -3.16. The van der Waals surface area contributed by atoms with Gasteiger partial charge in [-0.05, 0) is 37.8 Å². The van der Waals surface area contributed by atoms with Crippen molar-refractivity contribution >= 4 is 27.9 Å². The third-order valence-electron chi connectivity index (χ3n) is 6.36. The van der Waals surface area contributed by atoms with Gasteiger partial charge in [0.25, 0.3) is 0 Å². The molecule has 29 heavy (non-hydrogen) atoms. The number of nitrogens with zero attached hydrogens (tertiary/aromatic N) is 4. The lowest BCUT2D eigenvalue weighted by atomic mass is 10.0. The van der Waals surface area contributed by atoms with E-state index in [0.29, 0.717) is 44.1 Å². The van der Waals surface area contributed by atoms with E-state index in [1.165, 1.54) is 10.6 Å². The van der Waals surface area contributed by atoms with Crippen LogP contribution in [0.5, 0.6) is 0 Å². The van der Waals surface area contributed by atoms with Crippen LogP contribution in [0.25, 0.3) is 6.08 Å². The summed E-state index contributed by atoms with van der Waals surface area (Å²) in [4.78, 5) is 11.0. The van der Waals surface area contributed by atoms with Crippen molar-refractivity contribution in [3.8, 4) is 0 Å². The lowest BCUT2D eigenvalue weighted by molar-refractivity contribution is 0.127. The number of hydrogen-bond donors (Lipinski definition) is 3. The van der Waals surface area contributed by atoms with Crippen LogP contribution in [-0.4, -0.2) is 76.7 Å². The highest BCUT2D eigenvalue weighted by Gasteiger charge is 2.40. The molecule has 0 aromatic carbocycles. The highest BCUT2D eigenvalue weighted by molar-refractivity contribution is 7.88. The molecule has 3 heterocycles. The van der Waals surface area contributed by atoms with Gasteiger partial charge in [-0.3, -0.25) is 0 Å². The van der Waals surface area contributed by atoms with Gasteiger partial charge in [0.15, 0.2) is 0 Å². The Hall–Kier alpha value is -1.75. The van der Waals surface area contributed by atoms with E-state index in [-0.39, 0.29) is 24.1 Å². The maximum atomic E-state index is 11.7.